The van der Waals surface area contributed by atoms with Crippen LogP contribution in [0.1, 0.15) is 16.8 Å². The van der Waals surface area contributed by atoms with Crippen LogP contribution >= 0.6 is 0 Å². The summed E-state index contributed by atoms with van der Waals surface area (Å²) in [6.45, 7) is 5.74. The number of nitrogens with zero attached hydrogens (tertiary/aromatic N) is 4. The summed E-state index contributed by atoms with van der Waals surface area (Å²) in [5.74, 6) is 0.795. The number of aromatic nitrogens is 3. The molecule has 0 aliphatic rings. The Hall–Kier alpha value is -3.55. The number of pyridine rings is 1. The molecule has 0 bridgehead atoms. The third-order valence-electron chi connectivity index (χ3n) is 3.80. The van der Waals surface area contributed by atoms with E-state index in [2.05, 4.69) is 20.3 Å². The molecule has 0 unspecified atom stereocenters. The van der Waals surface area contributed by atoms with E-state index in [1.165, 1.54) is 6.33 Å². The van der Waals surface area contributed by atoms with E-state index < -0.39 is 4.92 Å². The van der Waals surface area contributed by atoms with E-state index in [-0.39, 0.29) is 17.4 Å². The molecule has 0 spiro atoms. The molecule has 2 heterocycles. The monoisotopic (exact) mass is 351 g/mol. The fourth-order valence-corrected chi connectivity index (χ4v) is 2.32. The van der Waals surface area contributed by atoms with Crippen LogP contribution in [-0.4, -0.2) is 19.9 Å². The lowest BCUT2D eigenvalue weighted by Gasteiger charge is -2.10. The Kier molecular flexibility index (Phi) is 4.74. The van der Waals surface area contributed by atoms with Gasteiger partial charge >= 0.3 is 11.6 Å². The second-order valence-corrected chi connectivity index (χ2v) is 5.77. The lowest BCUT2D eigenvalue weighted by Crippen LogP contribution is -2.04. The zero-order chi connectivity index (χ0) is 18.7. The van der Waals surface area contributed by atoms with Crippen LogP contribution in [0.15, 0.2) is 42.7 Å². The Morgan fingerprint density at radius 3 is 2.58 bits per heavy atom. The molecule has 3 aromatic rings. The minimum atomic E-state index is -0.575. The second kappa shape index (κ2) is 7.14. The van der Waals surface area contributed by atoms with Crippen LogP contribution < -0.4 is 10.1 Å². The van der Waals surface area contributed by atoms with Gasteiger partial charge in [0, 0.05) is 5.69 Å². The number of nitro groups is 1. The predicted octanol–water partition coefficient (Wildman–Crippen LogP) is 4.24. The summed E-state index contributed by atoms with van der Waals surface area (Å²) in [5, 5.41) is 14.5. The van der Waals surface area contributed by atoms with Crippen LogP contribution in [0.3, 0.4) is 0 Å². The number of ether oxygens (including phenoxy) is 1. The third kappa shape index (κ3) is 3.75. The molecule has 26 heavy (non-hydrogen) atoms. The molecule has 8 heteroatoms. The fraction of sp³-hybridized carbons (Fsp3) is 0.167. The highest BCUT2D eigenvalue weighted by Crippen LogP contribution is 2.35. The molecule has 0 radical (unpaired) electrons. The summed E-state index contributed by atoms with van der Waals surface area (Å²) in [6.07, 6.45) is 1.21. The average molecular weight is 351 g/mol. The maximum atomic E-state index is 11.6. The van der Waals surface area contributed by atoms with Gasteiger partial charge in [0.15, 0.2) is 0 Å². The van der Waals surface area contributed by atoms with Crippen molar-refractivity contribution in [3.8, 4) is 11.6 Å². The van der Waals surface area contributed by atoms with Crippen LogP contribution in [0, 0.1) is 30.9 Å². The van der Waals surface area contributed by atoms with Crippen molar-refractivity contribution in [3.05, 3.63) is 69.7 Å². The van der Waals surface area contributed by atoms with Gasteiger partial charge in [0.1, 0.15) is 17.9 Å². The van der Waals surface area contributed by atoms with Crippen molar-refractivity contribution in [2.45, 2.75) is 20.8 Å². The minimum absolute atomic E-state index is 0.0157. The highest BCUT2D eigenvalue weighted by Gasteiger charge is 2.25. The maximum absolute atomic E-state index is 11.6. The Morgan fingerprint density at radius 2 is 1.88 bits per heavy atom. The first-order chi connectivity index (χ1) is 12.4. The molecule has 0 fully saturated rings. The van der Waals surface area contributed by atoms with Crippen molar-refractivity contribution in [1.29, 1.82) is 0 Å². The van der Waals surface area contributed by atoms with Gasteiger partial charge in [-0.2, -0.15) is 4.98 Å². The van der Waals surface area contributed by atoms with Crippen LogP contribution in [0.25, 0.3) is 0 Å². The average Bonchev–Trinajstić information content (AvgIpc) is 2.58. The van der Waals surface area contributed by atoms with E-state index in [1.807, 2.05) is 32.9 Å². The van der Waals surface area contributed by atoms with E-state index >= 15 is 0 Å². The van der Waals surface area contributed by atoms with E-state index in [9.17, 15) is 10.1 Å². The van der Waals surface area contributed by atoms with Gasteiger partial charge in [0.05, 0.1) is 4.92 Å². The zero-order valence-electron chi connectivity index (χ0n) is 14.6. The van der Waals surface area contributed by atoms with E-state index in [4.69, 9.17) is 4.74 Å². The van der Waals surface area contributed by atoms with Gasteiger partial charge in [0.25, 0.3) is 0 Å². The van der Waals surface area contributed by atoms with Gasteiger partial charge in [-0.3, -0.25) is 10.1 Å². The molecule has 3 rings (SSSR count). The normalized spacial score (nSPS) is 10.4. The van der Waals surface area contributed by atoms with Gasteiger partial charge < -0.3 is 10.1 Å². The lowest BCUT2D eigenvalue weighted by atomic mass is 10.1. The molecule has 0 aliphatic heterocycles. The quantitative estimate of drug-likeness (QED) is 0.541. The molecular weight excluding hydrogens is 334 g/mol. The summed E-state index contributed by atoms with van der Waals surface area (Å²) >= 11 is 0. The Labute approximate surface area is 150 Å². The molecule has 132 valence electrons. The van der Waals surface area contributed by atoms with Crippen molar-refractivity contribution in [3.63, 3.8) is 0 Å². The van der Waals surface area contributed by atoms with Crippen molar-refractivity contribution >= 4 is 17.3 Å². The summed E-state index contributed by atoms with van der Waals surface area (Å²) in [4.78, 5) is 23.2. The highest BCUT2D eigenvalue weighted by atomic mass is 16.6. The van der Waals surface area contributed by atoms with E-state index in [0.717, 1.165) is 16.8 Å². The van der Waals surface area contributed by atoms with Gasteiger partial charge in [-0.05, 0) is 56.2 Å². The first kappa shape index (κ1) is 17.3. The number of hydrogen-bond donors (Lipinski definition) is 1. The molecule has 1 aromatic carbocycles. The van der Waals surface area contributed by atoms with Crippen LogP contribution in [-0.2, 0) is 0 Å². The topological polar surface area (TPSA) is 103 Å². The van der Waals surface area contributed by atoms with Crippen molar-refractivity contribution in [2.24, 2.45) is 0 Å². The number of rotatable bonds is 5. The molecule has 0 aliphatic carbocycles. The van der Waals surface area contributed by atoms with Gasteiger partial charge in [-0.15, -0.1) is 0 Å². The Morgan fingerprint density at radius 1 is 1.08 bits per heavy atom. The number of benzene rings is 1. The third-order valence-corrected chi connectivity index (χ3v) is 3.80. The smallest absolute Gasteiger partial charge is 0.373 e. The summed E-state index contributed by atoms with van der Waals surface area (Å²) in [6, 6.07) is 10.7. The lowest BCUT2D eigenvalue weighted by molar-refractivity contribution is -0.385. The van der Waals surface area contributed by atoms with Crippen LogP contribution in [0.2, 0.25) is 0 Å². The van der Waals surface area contributed by atoms with E-state index in [1.54, 1.807) is 24.3 Å². The fourth-order valence-electron chi connectivity index (χ4n) is 2.32. The zero-order valence-corrected chi connectivity index (χ0v) is 14.6. The molecule has 0 saturated heterocycles. The second-order valence-electron chi connectivity index (χ2n) is 5.77. The van der Waals surface area contributed by atoms with Crippen molar-refractivity contribution in [1.82, 2.24) is 15.0 Å². The number of nitrogens with one attached hydrogen (secondary N) is 1. The van der Waals surface area contributed by atoms with Gasteiger partial charge in [0.2, 0.25) is 5.82 Å². The minimum Gasteiger partial charge on any atom is -0.434 e. The van der Waals surface area contributed by atoms with Crippen molar-refractivity contribution < 1.29 is 9.66 Å². The predicted molar refractivity (Wildman–Crippen MR) is 96.9 cm³/mol. The number of anilines is 2. The first-order valence-electron chi connectivity index (χ1n) is 7.89. The Balaban J connectivity index is 1.98. The molecule has 0 saturated carbocycles. The van der Waals surface area contributed by atoms with E-state index in [0.29, 0.717) is 11.6 Å². The van der Waals surface area contributed by atoms with Gasteiger partial charge in [-0.25, -0.2) is 9.97 Å². The summed E-state index contributed by atoms with van der Waals surface area (Å²) in [7, 11) is 0. The van der Waals surface area contributed by atoms with Gasteiger partial charge in [-0.1, -0.05) is 12.1 Å². The molecule has 2 aromatic heterocycles. The summed E-state index contributed by atoms with van der Waals surface area (Å²) in [5.41, 5.74) is 2.54. The Bertz CT molecular complexity index is 975. The largest absolute Gasteiger partial charge is 0.434 e. The number of aryl methyl sites for hydroxylation is 3. The van der Waals surface area contributed by atoms with Crippen LogP contribution in [0.5, 0.6) is 11.6 Å². The SMILES string of the molecule is Cc1cccc(Nc2ncnc(Oc3ccc(C)c(C)c3)c2[N+](=O)[O-])n1. The molecule has 0 amide bonds. The molecular formula is C18H17N5O3. The first-order valence-corrected chi connectivity index (χ1v) is 7.89. The maximum Gasteiger partial charge on any atom is 0.373 e. The molecule has 1 N–H and O–H groups in total. The standard InChI is InChI=1S/C18H17N5O3/c1-11-7-8-14(9-12(11)2)26-18-16(23(24)25)17(19-10-20-18)22-15-6-4-5-13(3)21-15/h4-10H,1-3H3,(H,19,20,21,22). The van der Waals surface area contributed by atoms with Crippen molar-refractivity contribution in [2.75, 3.05) is 5.32 Å². The molecule has 0 atom stereocenters. The van der Waals surface area contributed by atoms with Crippen LogP contribution in [0.4, 0.5) is 17.3 Å². The summed E-state index contributed by atoms with van der Waals surface area (Å²) < 4.78 is 5.66. The number of hydrogen-bond acceptors (Lipinski definition) is 7. The molecule has 8 nitrogen and oxygen atoms in total. The highest BCUT2D eigenvalue weighted by molar-refractivity contribution is 5.67.